The number of allylic oxidation sites excluding steroid dienone is 2. The summed E-state index contributed by atoms with van der Waals surface area (Å²) in [4.78, 5) is 0. The van der Waals surface area contributed by atoms with Crippen molar-refractivity contribution in [3.8, 4) is 0 Å². The molecule has 3 nitrogen and oxygen atoms in total. The second-order valence-electron chi connectivity index (χ2n) is 7.87. The van der Waals surface area contributed by atoms with Gasteiger partial charge in [0.05, 0.1) is 6.10 Å². The molecule has 3 fully saturated rings. The van der Waals surface area contributed by atoms with Crippen LogP contribution >= 0.6 is 0 Å². The van der Waals surface area contributed by atoms with Crippen LogP contribution < -0.4 is 0 Å². The van der Waals surface area contributed by atoms with E-state index in [0.29, 0.717) is 6.92 Å². The van der Waals surface area contributed by atoms with E-state index in [1.165, 1.54) is 0 Å². The fraction of sp³-hybridized carbons (Fsp3) is 0.875. The summed E-state index contributed by atoms with van der Waals surface area (Å²) >= 11 is 0. The summed E-state index contributed by atoms with van der Waals surface area (Å²) in [5.41, 5.74) is -3.00. The Bertz CT molecular complexity index is 587. The second-order valence-corrected chi connectivity index (χ2v) is 7.87. The van der Waals surface area contributed by atoms with Gasteiger partial charge in [0.1, 0.15) is 5.60 Å². The molecular weight excluding hydrogens is 335 g/mol. The van der Waals surface area contributed by atoms with E-state index in [-0.39, 0.29) is 36.5 Å². The highest BCUT2D eigenvalue weighted by Crippen LogP contribution is 2.63. The van der Waals surface area contributed by atoms with Gasteiger partial charge in [-0.25, -0.2) is 0 Å². The molecule has 8 heteroatoms. The summed E-state index contributed by atoms with van der Waals surface area (Å²) in [6.07, 6.45) is -1.71. The Morgan fingerprint density at radius 1 is 1.00 bits per heavy atom. The van der Waals surface area contributed by atoms with Gasteiger partial charge in [0.2, 0.25) is 0 Å². The van der Waals surface area contributed by atoms with Gasteiger partial charge in [-0.05, 0) is 49.9 Å². The monoisotopic (exact) mass is 354 g/mol. The van der Waals surface area contributed by atoms with E-state index >= 15 is 0 Å². The fourth-order valence-corrected chi connectivity index (χ4v) is 5.44. The van der Waals surface area contributed by atoms with Crippen molar-refractivity contribution in [1.29, 1.82) is 0 Å². The minimum atomic E-state index is -5.71. The van der Waals surface area contributed by atoms with E-state index < -0.39 is 35.5 Å². The Labute approximate surface area is 135 Å². The molecule has 4 aliphatic rings. The molecule has 1 heterocycles. The predicted octanol–water partition coefficient (Wildman–Crippen LogP) is 2.87. The van der Waals surface area contributed by atoms with Crippen molar-refractivity contribution < 1.29 is 36.9 Å². The predicted molar refractivity (Wildman–Crippen MR) is 71.9 cm³/mol. The van der Waals surface area contributed by atoms with E-state index in [1.54, 1.807) is 0 Å². The summed E-state index contributed by atoms with van der Waals surface area (Å²) in [6.45, 7) is 0.688. The first-order chi connectivity index (χ1) is 10.9. The third-order valence-electron chi connectivity index (χ3n) is 6.77. The third-order valence-corrected chi connectivity index (χ3v) is 6.77. The number of aliphatic hydroxyl groups is 2. The highest BCUT2D eigenvalue weighted by atomic mass is 19.4. The number of hydrogen-bond donors (Lipinski definition) is 2. The van der Waals surface area contributed by atoms with Crippen LogP contribution in [0.25, 0.3) is 0 Å². The van der Waals surface area contributed by atoms with Crippen LogP contribution in [-0.2, 0) is 4.74 Å². The SMILES string of the molecule is CC1(O)C2CC3C4C=CC(C4)C3CC2OC(O)(C(F)(F)F)C1(F)F. The van der Waals surface area contributed by atoms with Crippen molar-refractivity contribution in [3.05, 3.63) is 12.2 Å². The summed E-state index contributed by atoms with van der Waals surface area (Å²) < 4.78 is 73.0. The molecule has 0 radical (unpaired) electrons. The first-order valence-corrected chi connectivity index (χ1v) is 8.15. The molecule has 2 N–H and O–H groups in total. The molecule has 4 rings (SSSR count). The average molecular weight is 354 g/mol. The van der Waals surface area contributed by atoms with Crippen LogP contribution in [-0.4, -0.2) is 39.8 Å². The lowest BCUT2D eigenvalue weighted by molar-refractivity contribution is -0.494. The van der Waals surface area contributed by atoms with Gasteiger partial charge in [-0.15, -0.1) is 0 Å². The molecule has 1 aliphatic heterocycles. The summed E-state index contributed by atoms with van der Waals surface area (Å²) in [5.74, 6) is -10.1. The maximum Gasteiger partial charge on any atom is 0.449 e. The molecule has 0 aromatic rings. The van der Waals surface area contributed by atoms with Gasteiger partial charge in [0, 0.05) is 5.92 Å². The number of hydrogen-bond acceptors (Lipinski definition) is 3. The molecule has 3 aliphatic carbocycles. The maximum atomic E-state index is 14.5. The van der Waals surface area contributed by atoms with Crippen LogP contribution in [0.3, 0.4) is 0 Å². The van der Waals surface area contributed by atoms with E-state index in [2.05, 4.69) is 4.74 Å². The van der Waals surface area contributed by atoms with Crippen molar-refractivity contribution in [3.63, 3.8) is 0 Å². The highest BCUT2D eigenvalue weighted by Gasteiger charge is 2.82. The van der Waals surface area contributed by atoms with Crippen LogP contribution in [0, 0.1) is 29.6 Å². The van der Waals surface area contributed by atoms with Gasteiger partial charge >= 0.3 is 17.9 Å². The molecule has 8 atom stereocenters. The molecule has 2 bridgehead atoms. The molecule has 0 spiro atoms. The maximum absolute atomic E-state index is 14.5. The summed E-state index contributed by atoms with van der Waals surface area (Å²) in [7, 11) is 0. The van der Waals surface area contributed by atoms with E-state index in [0.717, 1.165) is 6.42 Å². The van der Waals surface area contributed by atoms with Crippen molar-refractivity contribution in [2.45, 2.75) is 55.8 Å². The molecule has 24 heavy (non-hydrogen) atoms. The Morgan fingerprint density at radius 3 is 2.08 bits per heavy atom. The zero-order valence-electron chi connectivity index (χ0n) is 12.9. The number of ether oxygens (including phenoxy) is 1. The summed E-state index contributed by atoms with van der Waals surface area (Å²) in [5, 5.41) is 20.1. The van der Waals surface area contributed by atoms with Crippen molar-refractivity contribution in [2.24, 2.45) is 29.6 Å². The quantitative estimate of drug-likeness (QED) is 0.520. The molecule has 0 aromatic carbocycles. The molecule has 0 amide bonds. The lowest BCUT2D eigenvalue weighted by Gasteiger charge is -2.57. The van der Waals surface area contributed by atoms with Gasteiger partial charge in [-0.1, -0.05) is 12.2 Å². The lowest BCUT2D eigenvalue weighted by atomic mass is 9.61. The van der Waals surface area contributed by atoms with Crippen LogP contribution in [0.15, 0.2) is 12.2 Å². The first-order valence-electron chi connectivity index (χ1n) is 8.15. The summed E-state index contributed by atoms with van der Waals surface area (Å²) in [6, 6.07) is 0. The molecule has 0 aromatic heterocycles. The smallest absolute Gasteiger partial charge is 0.383 e. The van der Waals surface area contributed by atoms with Gasteiger partial charge in [0.15, 0.2) is 0 Å². The van der Waals surface area contributed by atoms with Crippen LogP contribution in [0.4, 0.5) is 22.0 Å². The lowest BCUT2D eigenvalue weighted by Crippen LogP contribution is -2.77. The Hall–Kier alpha value is -0.730. The minimum absolute atomic E-state index is 0.0567. The Morgan fingerprint density at radius 2 is 1.54 bits per heavy atom. The van der Waals surface area contributed by atoms with Crippen molar-refractivity contribution in [1.82, 2.24) is 0 Å². The average Bonchev–Trinajstić information content (AvgIpc) is 3.05. The van der Waals surface area contributed by atoms with Crippen LogP contribution in [0.2, 0.25) is 0 Å². The fourth-order valence-electron chi connectivity index (χ4n) is 5.44. The van der Waals surface area contributed by atoms with E-state index in [9.17, 15) is 32.2 Å². The number of alkyl halides is 5. The first kappa shape index (κ1) is 16.7. The van der Waals surface area contributed by atoms with Gasteiger partial charge in [0.25, 0.3) is 0 Å². The van der Waals surface area contributed by atoms with E-state index in [1.807, 2.05) is 12.2 Å². The minimum Gasteiger partial charge on any atom is -0.383 e. The van der Waals surface area contributed by atoms with Crippen LogP contribution in [0.5, 0.6) is 0 Å². The molecule has 136 valence electrons. The van der Waals surface area contributed by atoms with Gasteiger partial charge < -0.3 is 14.9 Å². The molecule has 1 saturated heterocycles. The largest absolute Gasteiger partial charge is 0.449 e. The molecular formula is C16H19F5O3. The van der Waals surface area contributed by atoms with Crippen LogP contribution in [0.1, 0.15) is 26.2 Å². The highest BCUT2D eigenvalue weighted by molar-refractivity contribution is 5.19. The zero-order chi connectivity index (χ0) is 17.7. The van der Waals surface area contributed by atoms with Crippen molar-refractivity contribution >= 4 is 0 Å². The van der Waals surface area contributed by atoms with Gasteiger partial charge in [-0.2, -0.15) is 22.0 Å². The topological polar surface area (TPSA) is 49.7 Å². The Balaban J connectivity index is 1.73. The number of rotatable bonds is 0. The number of fused-ring (bicyclic) bond motifs is 6. The standard InChI is InChI=1S/C16H19F5O3/c1-13(22)11-5-9-7-2-3-8(4-7)10(9)6-12(11)24-15(23,14(13,17)18)16(19,20)21/h2-3,7-12,22-23H,4-6H2,1H3. The number of halogens is 5. The van der Waals surface area contributed by atoms with Gasteiger partial charge in [-0.3, -0.25) is 0 Å². The molecule has 8 unspecified atom stereocenters. The normalized spacial score (nSPS) is 55.3. The van der Waals surface area contributed by atoms with Crippen molar-refractivity contribution in [2.75, 3.05) is 0 Å². The Kier molecular flexibility index (Phi) is 3.14. The molecule has 2 saturated carbocycles. The second kappa shape index (κ2) is 4.51. The zero-order valence-corrected chi connectivity index (χ0v) is 12.9. The van der Waals surface area contributed by atoms with E-state index in [4.69, 9.17) is 0 Å². The third kappa shape index (κ3) is 1.77.